The van der Waals surface area contributed by atoms with Crippen molar-refractivity contribution in [2.24, 2.45) is 0 Å². The number of hydrogen-bond acceptors (Lipinski definition) is 6. The van der Waals surface area contributed by atoms with Crippen molar-refractivity contribution >= 4 is 28.5 Å². The van der Waals surface area contributed by atoms with Crippen LogP contribution in [-0.2, 0) is 0 Å². The Bertz CT molecular complexity index is 550. The average Bonchev–Trinajstić information content (AvgIpc) is 2.28. The van der Waals surface area contributed by atoms with Gasteiger partial charge in [-0.05, 0) is 47.7 Å². The smallest absolute Gasteiger partial charge is 0.330 e. The monoisotopic (exact) mass is 358 g/mol. The number of anilines is 1. The molecule has 2 aromatic rings. The van der Waals surface area contributed by atoms with E-state index in [4.69, 9.17) is 15.2 Å². The normalized spacial score (nSPS) is 10.1. The first-order valence-corrected chi connectivity index (χ1v) is 6.33. The van der Waals surface area contributed by atoms with E-state index in [2.05, 4.69) is 37.5 Å². The van der Waals surface area contributed by atoms with E-state index < -0.39 is 0 Å². The summed E-state index contributed by atoms with van der Waals surface area (Å²) in [6, 6.07) is 7.79. The second-order valence-electron chi connectivity index (χ2n) is 3.25. The molecule has 0 aliphatic heterocycles. The van der Waals surface area contributed by atoms with Gasteiger partial charge in [0.15, 0.2) is 0 Å². The summed E-state index contributed by atoms with van der Waals surface area (Å²) in [5, 5.41) is 0. The summed E-state index contributed by atoms with van der Waals surface area (Å²) in [7, 11) is 0. The molecule has 18 heavy (non-hydrogen) atoms. The molecule has 1 aromatic carbocycles. The van der Waals surface area contributed by atoms with Gasteiger partial charge in [0.1, 0.15) is 5.75 Å². The molecule has 0 fully saturated rings. The summed E-state index contributed by atoms with van der Waals surface area (Å²) in [5.41, 5.74) is 5.55. The number of aromatic nitrogens is 3. The van der Waals surface area contributed by atoms with Crippen molar-refractivity contribution in [3.8, 4) is 17.8 Å². The quantitative estimate of drug-likeness (QED) is 0.845. The number of halogens is 1. The zero-order chi connectivity index (χ0) is 13.0. The van der Waals surface area contributed by atoms with Crippen molar-refractivity contribution in [3.05, 3.63) is 27.8 Å². The Balaban J connectivity index is 2.23. The highest BCUT2D eigenvalue weighted by molar-refractivity contribution is 14.1. The van der Waals surface area contributed by atoms with Crippen LogP contribution in [0, 0.1) is 3.57 Å². The molecule has 0 spiro atoms. The Hall–Kier alpha value is -1.64. The summed E-state index contributed by atoms with van der Waals surface area (Å²) < 4.78 is 11.7. The number of nitrogens with two attached hydrogens (primary N) is 1. The van der Waals surface area contributed by atoms with Gasteiger partial charge >= 0.3 is 12.0 Å². The fraction of sp³-hybridized carbons (Fsp3) is 0.182. The third kappa shape index (κ3) is 3.42. The number of hydrogen-bond donors (Lipinski definition) is 1. The minimum absolute atomic E-state index is 0.0640. The van der Waals surface area contributed by atoms with E-state index in [-0.39, 0.29) is 18.0 Å². The van der Waals surface area contributed by atoms with Crippen molar-refractivity contribution in [2.45, 2.75) is 6.92 Å². The van der Waals surface area contributed by atoms with Gasteiger partial charge < -0.3 is 15.2 Å². The Morgan fingerprint density at radius 1 is 1.22 bits per heavy atom. The number of nitrogen functional groups attached to an aromatic ring is 1. The zero-order valence-corrected chi connectivity index (χ0v) is 11.8. The van der Waals surface area contributed by atoms with Crippen molar-refractivity contribution in [1.82, 2.24) is 15.0 Å². The predicted molar refractivity (Wildman–Crippen MR) is 74.6 cm³/mol. The highest BCUT2D eigenvalue weighted by Crippen LogP contribution is 2.21. The van der Waals surface area contributed by atoms with E-state index in [0.29, 0.717) is 12.4 Å². The molecule has 0 saturated carbocycles. The lowest BCUT2D eigenvalue weighted by atomic mass is 10.3. The Kier molecular flexibility index (Phi) is 4.13. The lowest BCUT2D eigenvalue weighted by molar-refractivity contribution is 0.304. The van der Waals surface area contributed by atoms with Crippen LogP contribution in [0.1, 0.15) is 6.92 Å². The van der Waals surface area contributed by atoms with Crippen LogP contribution in [-0.4, -0.2) is 21.6 Å². The molecule has 0 atom stereocenters. The van der Waals surface area contributed by atoms with E-state index >= 15 is 0 Å². The van der Waals surface area contributed by atoms with E-state index in [1.807, 2.05) is 31.2 Å². The predicted octanol–water partition coefficient (Wildman–Crippen LogP) is 2.25. The SMILES string of the molecule is CCOc1nc(N)nc(Oc2cccc(I)c2)n1. The third-order valence-electron chi connectivity index (χ3n) is 1.89. The molecule has 0 saturated heterocycles. The first-order valence-electron chi connectivity index (χ1n) is 5.25. The number of rotatable bonds is 4. The van der Waals surface area contributed by atoms with Gasteiger partial charge in [-0.1, -0.05) is 6.07 Å². The maximum Gasteiger partial charge on any atom is 0.330 e. The Morgan fingerprint density at radius 2 is 2.00 bits per heavy atom. The molecule has 1 heterocycles. The molecule has 0 radical (unpaired) electrons. The van der Waals surface area contributed by atoms with Crippen LogP contribution in [0.4, 0.5) is 5.95 Å². The second-order valence-corrected chi connectivity index (χ2v) is 4.50. The minimum Gasteiger partial charge on any atom is -0.464 e. The largest absolute Gasteiger partial charge is 0.464 e. The topological polar surface area (TPSA) is 83.2 Å². The summed E-state index contributed by atoms with van der Waals surface area (Å²) >= 11 is 2.19. The standard InChI is InChI=1S/C11H11IN4O2/c1-2-17-10-14-9(13)15-11(16-10)18-8-5-3-4-7(12)6-8/h3-6H,2H2,1H3,(H2,13,14,15,16). The van der Waals surface area contributed by atoms with Gasteiger partial charge in [-0.2, -0.15) is 9.97 Å². The average molecular weight is 358 g/mol. The number of nitrogens with zero attached hydrogens (tertiary/aromatic N) is 3. The van der Waals surface area contributed by atoms with Crippen LogP contribution in [0.5, 0.6) is 17.8 Å². The van der Waals surface area contributed by atoms with Gasteiger partial charge in [0.25, 0.3) is 0 Å². The second kappa shape index (κ2) is 5.80. The van der Waals surface area contributed by atoms with Gasteiger partial charge in [0.2, 0.25) is 5.95 Å². The molecule has 7 heteroatoms. The number of benzene rings is 1. The van der Waals surface area contributed by atoms with Crippen LogP contribution < -0.4 is 15.2 Å². The molecule has 2 N–H and O–H groups in total. The molecule has 0 amide bonds. The molecule has 1 aromatic heterocycles. The van der Waals surface area contributed by atoms with Crippen molar-refractivity contribution in [3.63, 3.8) is 0 Å². The molecule has 0 aliphatic carbocycles. The van der Waals surface area contributed by atoms with Crippen LogP contribution in [0.3, 0.4) is 0 Å². The summed E-state index contributed by atoms with van der Waals surface area (Å²) in [5.74, 6) is 0.698. The van der Waals surface area contributed by atoms with Gasteiger partial charge in [-0.3, -0.25) is 0 Å². The Morgan fingerprint density at radius 3 is 2.72 bits per heavy atom. The molecule has 0 unspecified atom stereocenters. The van der Waals surface area contributed by atoms with Crippen LogP contribution in [0.25, 0.3) is 0 Å². The fourth-order valence-corrected chi connectivity index (χ4v) is 1.74. The van der Waals surface area contributed by atoms with Crippen LogP contribution in [0.2, 0.25) is 0 Å². The lowest BCUT2D eigenvalue weighted by Crippen LogP contribution is -2.04. The maximum absolute atomic E-state index is 5.55. The van der Waals surface area contributed by atoms with Gasteiger partial charge in [-0.15, -0.1) is 4.98 Å². The van der Waals surface area contributed by atoms with E-state index in [0.717, 1.165) is 3.57 Å². The molecule has 2 rings (SSSR count). The van der Waals surface area contributed by atoms with E-state index in [1.54, 1.807) is 0 Å². The van der Waals surface area contributed by atoms with Crippen molar-refractivity contribution in [2.75, 3.05) is 12.3 Å². The highest BCUT2D eigenvalue weighted by atomic mass is 127. The van der Waals surface area contributed by atoms with Gasteiger partial charge in [0.05, 0.1) is 6.61 Å². The Labute approximate surface area is 118 Å². The van der Waals surface area contributed by atoms with Crippen LogP contribution in [0.15, 0.2) is 24.3 Å². The summed E-state index contributed by atoms with van der Waals surface area (Å²) in [6.45, 7) is 2.28. The molecular weight excluding hydrogens is 347 g/mol. The lowest BCUT2D eigenvalue weighted by Gasteiger charge is -2.06. The summed E-state index contributed by atoms with van der Waals surface area (Å²) in [4.78, 5) is 11.7. The molecule has 0 bridgehead atoms. The number of ether oxygens (including phenoxy) is 2. The molecule has 6 nitrogen and oxygen atoms in total. The molecule has 0 aliphatic rings. The highest BCUT2D eigenvalue weighted by Gasteiger charge is 2.07. The molecule has 94 valence electrons. The van der Waals surface area contributed by atoms with Crippen LogP contribution >= 0.6 is 22.6 Å². The van der Waals surface area contributed by atoms with Gasteiger partial charge in [0, 0.05) is 3.57 Å². The zero-order valence-electron chi connectivity index (χ0n) is 9.63. The third-order valence-corrected chi connectivity index (χ3v) is 2.56. The first-order chi connectivity index (χ1) is 8.67. The van der Waals surface area contributed by atoms with E-state index in [9.17, 15) is 0 Å². The maximum atomic E-state index is 5.55. The van der Waals surface area contributed by atoms with Crippen molar-refractivity contribution < 1.29 is 9.47 Å². The minimum atomic E-state index is 0.0640. The molecular formula is C11H11IN4O2. The van der Waals surface area contributed by atoms with Crippen molar-refractivity contribution in [1.29, 1.82) is 0 Å². The van der Waals surface area contributed by atoms with Gasteiger partial charge in [-0.25, -0.2) is 0 Å². The first kappa shape index (κ1) is 12.8. The summed E-state index contributed by atoms with van der Waals surface area (Å²) in [6.07, 6.45) is 0. The fourth-order valence-electron chi connectivity index (χ4n) is 1.23. The van der Waals surface area contributed by atoms with E-state index in [1.165, 1.54) is 0 Å².